The quantitative estimate of drug-likeness (QED) is 0.427. The van der Waals surface area contributed by atoms with Crippen LogP contribution in [0.1, 0.15) is 18.5 Å². The Labute approximate surface area is 171 Å². The first-order valence-corrected chi connectivity index (χ1v) is 10.4. The van der Waals surface area contributed by atoms with Crippen LogP contribution in [-0.2, 0) is 14.8 Å². The number of aromatic nitrogens is 2. The Morgan fingerprint density at radius 3 is 2.60 bits per heavy atom. The molecule has 1 aliphatic heterocycles. The van der Waals surface area contributed by atoms with Crippen molar-refractivity contribution < 1.29 is 18.0 Å². The fourth-order valence-electron chi connectivity index (χ4n) is 3.31. The first kappa shape index (κ1) is 19.6. The average molecular weight is 426 g/mol. The lowest BCUT2D eigenvalue weighted by Gasteiger charge is -2.28. The highest BCUT2D eigenvalue weighted by Gasteiger charge is 2.31. The summed E-state index contributed by atoms with van der Waals surface area (Å²) in [5.74, 6) is -0.414. The van der Waals surface area contributed by atoms with Gasteiger partial charge < -0.3 is 16.0 Å². The summed E-state index contributed by atoms with van der Waals surface area (Å²) in [6, 6.07) is 9.74. The number of nitrogens with two attached hydrogens (primary N) is 1. The highest BCUT2D eigenvalue weighted by atomic mass is 32.2. The van der Waals surface area contributed by atoms with Gasteiger partial charge in [-0.25, -0.2) is 18.4 Å². The number of carbonyl (C=O) groups is 2. The van der Waals surface area contributed by atoms with E-state index >= 15 is 0 Å². The van der Waals surface area contributed by atoms with E-state index in [0.717, 1.165) is 10.9 Å². The maximum Gasteiger partial charge on any atom is 0.319 e. The first-order chi connectivity index (χ1) is 14.2. The Morgan fingerprint density at radius 1 is 1.17 bits per heavy atom. The van der Waals surface area contributed by atoms with Crippen LogP contribution in [-0.4, -0.2) is 30.6 Å². The number of nitrogens with zero attached hydrogens (tertiary/aromatic N) is 1. The molecule has 2 heterocycles. The summed E-state index contributed by atoms with van der Waals surface area (Å²) < 4.78 is 23.0. The molecule has 0 radical (unpaired) electrons. The lowest BCUT2D eigenvalue weighted by atomic mass is 9.95. The zero-order valence-electron chi connectivity index (χ0n) is 15.8. The molecule has 30 heavy (non-hydrogen) atoms. The molecule has 1 aromatic heterocycles. The molecule has 0 fully saturated rings. The van der Waals surface area contributed by atoms with E-state index in [-0.39, 0.29) is 4.90 Å². The summed E-state index contributed by atoms with van der Waals surface area (Å²) in [5, 5.41) is 20.9. The molecule has 1 atom stereocenters. The summed E-state index contributed by atoms with van der Waals surface area (Å²) in [6.45, 7) is 1.62. The maximum atomic E-state index is 13.1. The van der Waals surface area contributed by atoms with Crippen LogP contribution in [0.25, 0.3) is 10.9 Å². The van der Waals surface area contributed by atoms with Crippen molar-refractivity contribution in [1.29, 1.82) is 0 Å². The summed E-state index contributed by atoms with van der Waals surface area (Å²) >= 11 is 0. The van der Waals surface area contributed by atoms with Gasteiger partial charge in [0.25, 0.3) is 5.91 Å². The number of amides is 3. The number of rotatable bonds is 4. The number of fused-ring (bicyclic) bond motifs is 1. The minimum Gasteiger partial charge on any atom is -0.327 e. The van der Waals surface area contributed by atoms with Gasteiger partial charge in [-0.2, -0.15) is 5.10 Å². The van der Waals surface area contributed by atoms with Crippen LogP contribution in [0.2, 0.25) is 0 Å². The molecule has 0 aliphatic carbocycles. The number of H-pyrrole nitrogens is 1. The van der Waals surface area contributed by atoms with E-state index in [9.17, 15) is 18.0 Å². The highest BCUT2D eigenvalue weighted by Crippen LogP contribution is 2.29. The van der Waals surface area contributed by atoms with Crippen molar-refractivity contribution in [3.8, 4) is 0 Å². The number of sulfonamides is 1. The van der Waals surface area contributed by atoms with Gasteiger partial charge in [0.05, 0.1) is 28.2 Å². The second kappa shape index (κ2) is 7.28. The van der Waals surface area contributed by atoms with Crippen molar-refractivity contribution in [2.75, 3.05) is 5.32 Å². The van der Waals surface area contributed by atoms with Crippen LogP contribution < -0.4 is 21.1 Å². The van der Waals surface area contributed by atoms with Gasteiger partial charge in [-0.1, -0.05) is 12.1 Å². The topological polar surface area (TPSA) is 159 Å². The normalized spacial score (nSPS) is 16.9. The van der Waals surface area contributed by atoms with Crippen LogP contribution in [0.3, 0.4) is 0 Å². The number of primary sulfonamides is 1. The van der Waals surface area contributed by atoms with Crippen molar-refractivity contribution in [3.63, 3.8) is 0 Å². The number of nitrogens with one attached hydrogen (secondary N) is 4. The molecule has 11 heteroatoms. The van der Waals surface area contributed by atoms with Gasteiger partial charge in [0.15, 0.2) is 0 Å². The predicted molar refractivity (Wildman–Crippen MR) is 110 cm³/mol. The van der Waals surface area contributed by atoms with E-state index < -0.39 is 28.0 Å². The average Bonchev–Trinajstić information content (AvgIpc) is 3.14. The number of urea groups is 1. The van der Waals surface area contributed by atoms with Gasteiger partial charge in [0, 0.05) is 16.8 Å². The monoisotopic (exact) mass is 426 g/mol. The zero-order chi connectivity index (χ0) is 21.5. The van der Waals surface area contributed by atoms with E-state index in [1.165, 1.54) is 24.3 Å². The summed E-state index contributed by atoms with van der Waals surface area (Å²) in [7, 11) is -3.85. The lowest BCUT2D eigenvalue weighted by molar-refractivity contribution is -0.113. The molecule has 1 unspecified atom stereocenters. The van der Waals surface area contributed by atoms with Gasteiger partial charge in [-0.15, -0.1) is 0 Å². The van der Waals surface area contributed by atoms with Crippen molar-refractivity contribution in [2.45, 2.75) is 17.9 Å². The Balaban J connectivity index is 1.66. The molecule has 10 nitrogen and oxygen atoms in total. The van der Waals surface area contributed by atoms with Gasteiger partial charge in [0.1, 0.15) is 0 Å². The fourth-order valence-corrected chi connectivity index (χ4v) is 3.83. The third-order valence-corrected chi connectivity index (χ3v) is 5.68. The van der Waals surface area contributed by atoms with E-state index in [4.69, 9.17) is 5.14 Å². The molecular weight excluding hydrogens is 408 g/mol. The third-order valence-electron chi connectivity index (χ3n) is 4.75. The second-order valence-corrected chi connectivity index (χ2v) is 8.37. The van der Waals surface area contributed by atoms with Crippen molar-refractivity contribution in [2.24, 2.45) is 5.14 Å². The fraction of sp³-hybridized carbons (Fsp3) is 0.105. The predicted octanol–water partition coefficient (Wildman–Crippen LogP) is 1.48. The van der Waals surface area contributed by atoms with E-state index in [2.05, 4.69) is 26.1 Å². The minimum atomic E-state index is -3.85. The van der Waals surface area contributed by atoms with Gasteiger partial charge in [0.2, 0.25) is 10.0 Å². The Hall–Kier alpha value is -3.70. The number of aromatic amines is 1. The largest absolute Gasteiger partial charge is 0.327 e. The van der Waals surface area contributed by atoms with Crippen LogP contribution in [0.15, 0.2) is 64.8 Å². The summed E-state index contributed by atoms with van der Waals surface area (Å²) in [4.78, 5) is 25.0. The van der Waals surface area contributed by atoms with Gasteiger partial charge in [-0.05, 0) is 42.8 Å². The van der Waals surface area contributed by atoms with Crippen LogP contribution in [0, 0.1) is 0 Å². The molecule has 154 valence electrons. The SMILES string of the molecule is CC1=C(C(=O)Nc2ccc3[nH]ncc3c2)C(c2ccc(S(N)(=O)=O)cc2)NC(=O)N1. The molecule has 2 aromatic carbocycles. The molecule has 4 rings (SSSR count). The molecule has 3 aromatic rings. The molecule has 6 N–H and O–H groups in total. The van der Waals surface area contributed by atoms with Crippen molar-refractivity contribution in [1.82, 2.24) is 20.8 Å². The highest BCUT2D eigenvalue weighted by molar-refractivity contribution is 7.89. The van der Waals surface area contributed by atoms with Gasteiger partial charge in [-0.3, -0.25) is 9.89 Å². The smallest absolute Gasteiger partial charge is 0.319 e. The summed E-state index contributed by atoms with van der Waals surface area (Å²) in [6.07, 6.45) is 1.65. The third kappa shape index (κ3) is 3.75. The minimum absolute atomic E-state index is 0.0633. The first-order valence-electron chi connectivity index (χ1n) is 8.88. The lowest BCUT2D eigenvalue weighted by Crippen LogP contribution is -2.46. The molecule has 0 saturated carbocycles. The number of allylic oxidation sites excluding steroid dienone is 1. The van der Waals surface area contributed by atoms with Crippen molar-refractivity contribution >= 4 is 38.6 Å². The van der Waals surface area contributed by atoms with E-state index in [1.807, 2.05) is 0 Å². The molecule has 0 saturated heterocycles. The van der Waals surface area contributed by atoms with Crippen LogP contribution in [0.5, 0.6) is 0 Å². The molecular formula is C19H18N6O4S. The number of hydrogen-bond acceptors (Lipinski definition) is 5. The maximum absolute atomic E-state index is 13.1. The van der Waals surface area contributed by atoms with E-state index in [0.29, 0.717) is 22.5 Å². The van der Waals surface area contributed by atoms with Gasteiger partial charge >= 0.3 is 6.03 Å². The zero-order valence-corrected chi connectivity index (χ0v) is 16.6. The standard InChI is InChI=1S/C19H18N6O4S/c1-10-16(18(26)23-13-4-7-15-12(8-13)9-21-25-15)17(24-19(27)22-10)11-2-5-14(6-3-11)30(20,28)29/h2-9,17H,1H3,(H,21,25)(H,23,26)(H2,20,28,29)(H2,22,24,27). The van der Waals surface area contributed by atoms with Crippen LogP contribution in [0.4, 0.5) is 10.5 Å². The summed E-state index contributed by atoms with van der Waals surface area (Å²) in [5.41, 5.74) is 2.62. The van der Waals surface area contributed by atoms with Crippen LogP contribution >= 0.6 is 0 Å². The molecule has 1 aliphatic rings. The van der Waals surface area contributed by atoms with E-state index in [1.54, 1.807) is 31.3 Å². The van der Waals surface area contributed by atoms with Crippen molar-refractivity contribution in [3.05, 3.63) is 65.5 Å². The number of benzene rings is 2. The molecule has 0 spiro atoms. The number of anilines is 1. The second-order valence-electron chi connectivity index (χ2n) is 6.81. The Kier molecular flexibility index (Phi) is 4.76. The number of hydrogen-bond donors (Lipinski definition) is 5. The molecule has 3 amide bonds. The molecule has 0 bridgehead atoms. The Morgan fingerprint density at radius 2 is 1.90 bits per heavy atom. The number of carbonyl (C=O) groups excluding carboxylic acids is 2. The Bertz CT molecular complexity index is 1290.